The quantitative estimate of drug-likeness (QED) is 0.750. The van der Waals surface area contributed by atoms with E-state index in [1.165, 1.54) is 23.5 Å². The topological polar surface area (TPSA) is 64.0 Å². The molecule has 1 aromatic carbocycles. The monoisotopic (exact) mass is 385 g/mol. The predicted octanol–water partition coefficient (Wildman–Crippen LogP) is 3.56. The van der Waals surface area contributed by atoms with Crippen molar-refractivity contribution in [1.29, 1.82) is 0 Å². The fourth-order valence-electron chi connectivity index (χ4n) is 3.49. The lowest BCUT2D eigenvalue weighted by molar-refractivity contribution is 0.0954. The molecule has 0 spiro atoms. The highest BCUT2D eigenvalue weighted by molar-refractivity contribution is 7.20. The number of rotatable bonds is 3. The maximum atomic E-state index is 13.0. The largest absolute Gasteiger partial charge is 0.347 e. The standard InChI is InChI=1S/C20H20FN3O2S/c1-12-16-19(23-15-5-3-2-4-10-24(15)20(16)26)27-17(12)18(25)22-11-13-6-8-14(21)9-7-13/h6-9H,2-5,10-11H2,1H3,(H,22,25). The maximum Gasteiger partial charge on any atom is 0.262 e. The zero-order valence-electron chi connectivity index (χ0n) is 15.0. The number of fused-ring (bicyclic) bond motifs is 2. The summed E-state index contributed by atoms with van der Waals surface area (Å²) in [5, 5.41) is 3.40. The lowest BCUT2D eigenvalue weighted by atomic mass is 10.2. The van der Waals surface area contributed by atoms with Crippen molar-refractivity contribution in [3.8, 4) is 0 Å². The highest BCUT2D eigenvalue weighted by atomic mass is 32.1. The van der Waals surface area contributed by atoms with Crippen molar-refractivity contribution in [2.24, 2.45) is 0 Å². The van der Waals surface area contributed by atoms with Gasteiger partial charge < -0.3 is 5.32 Å². The summed E-state index contributed by atoms with van der Waals surface area (Å²) in [6.07, 6.45) is 3.92. The van der Waals surface area contributed by atoms with E-state index in [1.54, 1.807) is 23.6 Å². The maximum absolute atomic E-state index is 13.0. The Labute approximate surface area is 159 Å². The number of carbonyl (C=O) groups is 1. The van der Waals surface area contributed by atoms with Gasteiger partial charge in [-0.25, -0.2) is 9.37 Å². The zero-order valence-corrected chi connectivity index (χ0v) is 15.9. The first-order valence-electron chi connectivity index (χ1n) is 9.10. The SMILES string of the molecule is Cc1c(C(=O)NCc2ccc(F)cc2)sc2nc3n(c(=O)c12)CCCCC3. The fraction of sp³-hybridized carbons (Fsp3) is 0.350. The second-order valence-corrected chi connectivity index (χ2v) is 7.84. The molecule has 0 atom stereocenters. The molecule has 140 valence electrons. The second-order valence-electron chi connectivity index (χ2n) is 6.84. The van der Waals surface area contributed by atoms with Gasteiger partial charge in [-0.1, -0.05) is 18.6 Å². The first-order valence-corrected chi connectivity index (χ1v) is 9.91. The molecular formula is C20H20FN3O2S. The zero-order chi connectivity index (χ0) is 19.0. The lowest BCUT2D eigenvalue weighted by Gasteiger charge is -2.08. The van der Waals surface area contributed by atoms with Crippen molar-refractivity contribution in [3.63, 3.8) is 0 Å². The highest BCUT2D eigenvalue weighted by Crippen LogP contribution is 2.28. The third-order valence-electron chi connectivity index (χ3n) is 4.98. The molecule has 0 unspecified atom stereocenters. The highest BCUT2D eigenvalue weighted by Gasteiger charge is 2.22. The van der Waals surface area contributed by atoms with Gasteiger partial charge in [0.2, 0.25) is 0 Å². The van der Waals surface area contributed by atoms with Gasteiger partial charge >= 0.3 is 0 Å². The number of benzene rings is 1. The second kappa shape index (κ2) is 7.23. The number of carbonyl (C=O) groups excluding carboxylic acids is 1. The van der Waals surface area contributed by atoms with Gasteiger partial charge in [-0.2, -0.15) is 0 Å². The molecule has 5 nitrogen and oxygen atoms in total. The van der Waals surface area contributed by atoms with Gasteiger partial charge in [-0.15, -0.1) is 11.3 Å². The van der Waals surface area contributed by atoms with E-state index >= 15 is 0 Å². The molecule has 7 heteroatoms. The molecule has 0 aliphatic carbocycles. The van der Waals surface area contributed by atoms with E-state index in [2.05, 4.69) is 10.3 Å². The van der Waals surface area contributed by atoms with Crippen molar-refractivity contribution in [2.45, 2.75) is 45.7 Å². The van der Waals surface area contributed by atoms with Crippen LogP contribution in [0.2, 0.25) is 0 Å². The Kier molecular flexibility index (Phi) is 4.78. The van der Waals surface area contributed by atoms with Crippen LogP contribution in [0.4, 0.5) is 4.39 Å². The van der Waals surface area contributed by atoms with Gasteiger partial charge in [-0.3, -0.25) is 14.2 Å². The van der Waals surface area contributed by atoms with Crippen molar-refractivity contribution in [3.05, 3.63) is 62.3 Å². The van der Waals surface area contributed by atoms with Crippen molar-refractivity contribution >= 4 is 27.5 Å². The summed E-state index contributed by atoms with van der Waals surface area (Å²) in [4.78, 5) is 31.4. The smallest absolute Gasteiger partial charge is 0.262 e. The number of nitrogens with one attached hydrogen (secondary N) is 1. The minimum atomic E-state index is -0.309. The summed E-state index contributed by atoms with van der Waals surface area (Å²) in [6.45, 7) is 2.80. The van der Waals surface area contributed by atoms with E-state index < -0.39 is 0 Å². The van der Waals surface area contributed by atoms with Crippen LogP contribution in [0.25, 0.3) is 10.2 Å². The van der Waals surface area contributed by atoms with Gasteiger partial charge in [0.25, 0.3) is 11.5 Å². The lowest BCUT2D eigenvalue weighted by Crippen LogP contribution is -2.25. The van der Waals surface area contributed by atoms with E-state index in [0.29, 0.717) is 33.7 Å². The first-order chi connectivity index (χ1) is 13.0. The molecule has 3 heterocycles. The van der Waals surface area contributed by atoms with E-state index in [0.717, 1.165) is 37.1 Å². The Morgan fingerprint density at radius 2 is 2.04 bits per heavy atom. The summed E-state index contributed by atoms with van der Waals surface area (Å²) < 4.78 is 14.8. The van der Waals surface area contributed by atoms with Crippen LogP contribution < -0.4 is 10.9 Å². The molecule has 4 rings (SSSR count). The molecule has 27 heavy (non-hydrogen) atoms. The molecule has 0 saturated carbocycles. The minimum Gasteiger partial charge on any atom is -0.347 e. The molecule has 1 N–H and O–H groups in total. The molecule has 3 aromatic rings. The molecule has 2 aromatic heterocycles. The van der Waals surface area contributed by atoms with E-state index in [4.69, 9.17) is 0 Å². The van der Waals surface area contributed by atoms with E-state index in [-0.39, 0.29) is 17.3 Å². The van der Waals surface area contributed by atoms with Gasteiger partial charge in [0.05, 0.1) is 10.3 Å². The number of amides is 1. The number of nitrogens with zero attached hydrogens (tertiary/aromatic N) is 2. The number of hydrogen-bond acceptors (Lipinski definition) is 4. The number of aryl methyl sites for hydroxylation is 2. The van der Waals surface area contributed by atoms with Crippen LogP contribution in [-0.4, -0.2) is 15.5 Å². The Morgan fingerprint density at radius 1 is 1.26 bits per heavy atom. The first kappa shape index (κ1) is 17.9. The Morgan fingerprint density at radius 3 is 2.81 bits per heavy atom. The van der Waals surface area contributed by atoms with Crippen LogP contribution in [-0.2, 0) is 19.5 Å². The van der Waals surface area contributed by atoms with Gasteiger partial charge in [-0.05, 0) is 43.0 Å². The van der Waals surface area contributed by atoms with Crippen LogP contribution in [0.5, 0.6) is 0 Å². The Balaban J connectivity index is 1.65. The predicted molar refractivity (Wildman–Crippen MR) is 104 cm³/mol. The molecule has 0 fully saturated rings. The van der Waals surface area contributed by atoms with Crippen LogP contribution >= 0.6 is 11.3 Å². The number of hydrogen-bond donors (Lipinski definition) is 1. The Bertz CT molecular complexity index is 1070. The van der Waals surface area contributed by atoms with Crippen molar-refractivity contribution in [1.82, 2.24) is 14.9 Å². The van der Waals surface area contributed by atoms with Gasteiger partial charge in [0, 0.05) is 19.5 Å². The summed E-state index contributed by atoms with van der Waals surface area (Å²) in [5.41, 5.74) is 1.46. The van der Waals surface area contributed by atoms with Gasteiger partial charge in [0.15, 0.2) is 0 Å². The molecule has 1 aliphatic heterocycles. The van der Waals surface area contributed by atoms with Crippen LogP contribution in [0.15, 0.2) is 29.1 Å². The third kappa shape index (κ3) is 3.39. The molecule has 1 amide bonds. The number of aromatic nitrogens is 2. The van der Waals surface area contributed by atoms with Crippen LogP contribution in [0.1, 0.15) is 45.9 Å². The average molecular weight is 385 g/mol. The normalized spacial score (nSPS) is 14.0. The summed E-state index contributed by atoms with van der Waals surface area (Å²) in [7, 11) is 0. The van der Waals surface area contributed by atoms with E-state index in [9.17, 15) is 14.0 Å². The van der Waals surface area contributed by atoms with Gasteiger partial charge in [0.1, 0.15) is 16.5 Å². The number of thiophene rings is 1. The van der Waals surface area contributed by atoms with Crippen molar-refractivity contribution in [2.75, 3.05) is 0 Å². The minimum absolute atomic E-state index is 0.0387. The molecule has 0 bridgehead atoms. The van der Waals surface area contributed by atoms with Crippen molar-refractivity contribution < 1.29 is 9.18 Å². The Hall–Kier alpha value is -2.54. The average Bonchev–Trinajstić information content (AvgIpc) is 2.83. The molecule has 0 radical (unpaired) electrons. The summed E-state index contributed by atoms with van der Waals surface area (Å²) in [6, 6.07) is 6.00. The molecule has 0 saturated heterocycles. The number of halogens is 1. The molecular weight excluding hydrogens is 365 g/mol. The molecule has 1 aliphatic rings. The summed E-state index contributed by atoms with van der Waals surface area (Å²) >= 11 is 1.27. The summed E-state index contributed by atoms with van der Waals surface area (Å²) in [5.74, 6) is 0.278. The van der Waals surface area contributed by atoms with Crippen LogP contribution in [0.3, 0.4) is 0 Å². The van der Waals surface area contributed by atoms with E-state index in [1.807, 2.05) is 0 Å². The van der Waals surface area contributed by atoms with Crippen LogP contribution in [0, 0.1) is 12.7 Å². The third-order valence-corrected chi connectivity index (χ3v) is 6.17. The fourth-order valence-corrected chi connectivity index (χ4v) is 4.60.